The molecule has 0 bridgehead atoms. The number of carbonyl (C=O) groups is 3. The second kappa shape index (κ2) is 9.26. The molecular weight excluding hydrogens is 296 g/mol. The molecule has 0 aliphatic carbocycles. The first-order valence-electron chi connectivity index (χ1n) is 7.24. The minimum Gasteiger partial charge on any atom is -0.481 e. The number of carbonyl (C=O) groups excluding carboxylic acids is 2. The average molecular weight is 316 g/mol. The van der Waals surface area contributed by atoms with Crippen molar-refractivity contribution in [1.29, 1.82) is 0 Å². The number of anilines is 1. The topological polar surface area (TPSA) is 86.7 Å². The standard InChI is InChI=1S/C17H20N2O4/c1-3-13-7-6-8-14(11-13)18-15(20)12-19(2)16(21)9-4-5-10-17(22)23/h1,6-8,11H,4-5,9-10,12H2,2H3,(H,18,20)(H,22,23). The van der Waals surface area contributed by atoms with Gasteiger partial charge in [-0.3, -0.25) is 14.4 Å². The molecule has 0 spiro atoms. The van der Waals surface area contributed by atoms with Gasteiger partial charge in [0.05, 0.1) is 6.54 Å². The van der Waals surface area contributed by atoms with E-state index in [1.165, 1.54) is 11.9 Å². The largest absolute Gasteiger partial charge is 0.481 e. The quantitative estimate of drug-likeness (QED) is 0.564. The second-order valence-electron chi connectivity index (χ2n) is 5.12. The van der Waals surface area contributed by atoms with Gasteiger partial charge >= 0.3 is 5.97 Å². The van der Waals surface area contributed by atoms with E-state index in [2.05, 4.69) is 11.2 Å². The molecule has 1 aromatic rings. The number of hydrogen-bond donors (Lipinski definition) is 2. The Kier molecular flexibility index (Phi) is 7.34. The van der Waals surface area contributed by atoms with Crippen molar-refractivity contribution in [3.05, 3.63) is 29.8 Å². The van der Waals surface area contributed by atoms with E-state index in [0.717, 1.165) is 0 Å². The van der Waals surface area contributed by atoms with Crippen LogP contribution in [0.25, 0.3) is 0 Å². The van der Waals surface area contributed by atoms with E-state index in [1.807, 2.05) is 0 Å². The van der Waals surface area contributed by atoms with Gasteiger partial charge in [0.2, 0.25) is 11.8 Å². The number of nitrogens with zero attached hydrogens (tertiary/aromatic N) is 1. The summed E-state index contributed by atoms with van der Waals surface area (Å²) in [5.74, 6) is 1.09. The second-order valence-corrected chi connectivity index (χ2v) is 5.12. The van der Waals surface area contributed by atoms with Crippen LogP contribution in [-0.4, -0.2) is 41.4 Å². The van der Waals surface area contributed by atoms with Gasteiger partial charge in [0, 0.05) is 31.1 Å². The van der Waals surface area contributed by atoms with E-state index in [0.29, 0.717) is 24.1 Å². The lowest BCUT2D eigenvalue weighted by molar-refractivity contribution is -0.137. The van der Waals surface area contributed by atoms with E-state index >= 15 is 0 Å². The Balaban J connectivity index is 2.39. The minimum atomic E-state index is -0.876. The lowest BCUT2D eigenvalue weighted by atomic mass is 10.2. The van der Waals surface area contributed by atoms with Crippen LogP contribution in [0, 0.1) is 12.3 Å². The molecule has 0 aliphatic rings. The third-order valence-electron chi connectivity index (χ3n) is 3.15. The summed E-state index contributed by atoms with van der Waals surface area (Å²) in [5.41, 5.74) is 1.23. The minimum absolute atomic E-state index is 0.0446. The SMILES string of the molecule is C#Cc1cccc(NC(=O)CN(C)C(=O)CCCCC(=O)O)c1. The van der Waals surface area contributed by atoms with E-state index in [-0.39, 0.29) is 31.2 Å². The first-order chi connectivity index (χ1) is 10.9. The molecule has 0 aromatic heterocycles. The summed E-state index contributed by atoms with van der Waals surface area (Å²) >= 11 is 0. The van der Waals surface area contributed by atoms with Crippen molar-refractivity contribution in [2.75, 3.05) is 18.9 Å². The molecule has 0 radical (unpaired) electrons. The predicted molar refractivity (Wildman–Crippen MR) is 86.7 cm³/mol. The first kappa shape index (κ1) is 18.2. The number of likely N-dealkylation sites (N-methyl/N-ethyl adjacent to an activating group) is 1. The molecule has 1 rings (SSSR count). The lowest BCUT2D eigenvalue weighted by Crippen LogP contribution is -2.34. The van der Waals surface area contributed by atoms with Crippen molar-refractivity contribution >= 4 is 23.5 Å². The molecule has 0 saturated carbocycles. The fraction of sp³-hybridized carbons (Fsp3) is 0.353. The normalized spacial score (nSPS) is 9.74. The number of unbranched alkanes of at least 4 members (excludes halogenated alkanes) is 1. The summed E-state index contributed by atoms with van der Waals surface area (Å²) in [6.07, 6.45) is 6.50. The Hall–Kier alpha value is -2.81. The predicted octanol–water partition coefficient (Wildman–Crippen LogP) is 1.71. The fourth-order valence-electron chi connectivity index (χ4n) is 1.93. The molecule has 6 heteroatoms. The molecule has 0 heterocycles. The van der Waals surface area contributed by atoms with Gasteiger partial charge in [-0.15, -0.1) is 6.42 Å². The number of aliphatic carboxylic acids is 1. The maximum absolute atomic E-state index is 11.9. The Morgan fingerprint density at radius 3 is 2.61 bits per heavy atom. The molecule has 2 N–H and O–H groups in total. The highest BCUT2D eigenvalue weighted by molar-refractivity contribution is 5.94. The average Bonchev–Trinajstić information content (AvgIpc) is 2.51. The van der Waals surface area contributed by atoms with Crippen LogP contribution in [0.3, 0.4) is 0 Å². The molecule has 0 saturated heterocycles. The number of benzene rings is 1. The molecule has 6 nitrogen and oxygen atoms in total. The number of hydrogen-bond acceptors (Lipinski definition) is 3. The van der Waals surface area contributed by atoms with Crippen LogP contribution in [0.5, 0.6) is 0 Å². The highest BCUT2D eigenvalue weighted by Gasteiger charge is 2.13. The van der Waals surface area contributed by atoms with E-state index in [1.54, 1.807) is 24.3 Å². The summed E-state index contributed by atoms with van der Waals surface area (Å²) in [7, 11) is 1.54. The van der Waals surface area contributed by atoms with Crippen LogP contribution >= 0.6 is 0 Å². The monoisotopic (exact) mass is 316 g/mol. The highest BCUT2D eigenvalue weighted by atomic mass is 16.4. The van der Waals surface area contributed by atoms with E-state index in [9.17, 15) is 14.4 Å². The Labute approximate surface area is 135 Å². The van der Waals surface area contributed by atoms with Gasteiger partial charge in [0.1, 0.15) is 0 Å². The Bertz CT molecular complexity index is 619. The molecule has 2 amide bonds. The molecule has 0 unspecified atom stereocenters. The summed E-state index contributed by atoms with van der Waals surface area (Å²) < 4.78 is 0. The van der Waals surface area contributed by atoms with Gasteiger partial charge < -0.3 is 15.3 Å². The van der Waals surface area contributed by atoms with Gasteiger partial charge in [0.25, 0.3) is 0 Å². The van der Waals surface area contributed by atoms with Crippen molar-refractivity contribution in [1.82, 2.24) is 4.90 Å². The van der Waals surface area contributed by atoms with Gasteiger partial charge in [-0.05, 0) is 31.0 Å². The fourth-order valence-corrected chi connectivity index (χ4v) is 1.93. The number of carboxylic acids is 1. The maximum atomic E-state index is 11.9. The molecule has 0 atom stereocenters. The summed E-state index contributed by atoms with van der Waals surface area (Å²) in [4.78, 5) is 35.5. The highest BCUT2D eigenvalue weighted by Crippen LogP contribution is 2.10. The number of terminal acetylenes is 1. The summed E-state index contributed by atoms with van der Waals surface area (Å²) in [6, 6.07) is 6.88. The first-order valence-corrected chi connectivity index (χ1v) is 7.24. The number of amides is 2. The Morgan fingerprint density at radius 2 is 1.96 bits per heavy atom. The molecule has 0 aliphatic heterocycles. The molecule has 23 heavy (non-hydrogen) atoms. The van der Waals surface area contributed by atoms with Crippen molar-refractivity contribution in [2.24, 2.45) is 0 Å². The van der Waals surface area contributed by atoms with Gasteiger partial charge in [-0.1, -0.05) is 12.0 Å². The summed E-state index contributed by atoms with van der Waals surface area (Å²) in [5, 5.41) is 11.2. The van der Waals surface area contributed by atoms with Crippen LogP contribution in [0.15, 0.2) is 24.3 Å². The van der Waals surface area contributed by atoms with E-state index < -0.39 is 5.97 Å². The zero-order chi connectivity index (χ0) is 17.2. The molecule has 1 aromatic carbocycles. The third kappa shape index (κ3) is 7.14. The van der Waals surface area contributed by atoms with Crippen LogP contribution in [0.2, 0.25) is 0 Å². The van der Waals surface area contributed by atoms with Gasteiger partial charge in [-0.2, -0.15) is 0 Å². The third-order valence-corrected chi connectivity index (χ3v) is 3.15. The van der Waals surface area contributed by atoms with Crippen LogP contribution < -0.4 is 5.32 Å². The van der Waals surface area contributed by atoms with Crippen molar-refractivity contribution in [3.63, 3.8) is 0 Å². The number of nitrogens with one attached hydrogen (secondary N) is 1. The van der Waals surface area contributed by atoms with Crippen LogP contribution in [-0.2, 0) is 14.4 Å². The van der Waals surface area contributed by atoms with Gasteiger partial charge in [0.15, 0.2) is 0 Å². The van der Waals surface area contributed by atoms with Crippen molar-refractivity contribution < 1.29 is 19.5 Å². The summed E-state index contributed by atoms with van der Waals surface area (Å²) in [6.45, 7) is -0.0714. The molecular formula is C17H20N2O4. The molecule has 122 valence electrons. The van der Waals surface area contributed by atoms with Crippen molar-refractivity contribution in [2.45, 2.75) is 25.7 Å². The van der Waals surface area contributed by atoms with Crippen LogP contribution in [0.4, 0.5) is 5.69 Å². The smallest absolute Gasteiger partial charge is 0.303 e. The number of rotatable bonds is 8. The van der Waals surface area contributed by atoms with Crippen LogP contribution in [0.1, 0.15) is 31.2 Å². The molecule has 0 fully saturated rings. The van der Waals surface area contributed by atoms with Gasteiger partial charge in [-0.25, -0.2) is 0 Å². The van der Waals surface area contributed by atoms with Crippen molar-refractivity contribution in [3.8, 4) is 12.3 Å². The lowest BCUT2D eigenvalue weighted by Gasteiger charge is -2.16. The zero-order valence-corrected chi connectivity index (χ0v) is 13.0. The zero-order valence-electron chi connectivity index (χ0n) is 13.0. The van der Waals surface area contributed by atoms with E-state index in [4.69, 9.17) is 11.5 Å². The maximum Gasteiger partial charge on any atom is 0.303 e. The number of carboxylic acid groups (broad SMARTS) is 1. The Morgan fingerprint density at radius 1 is 1.26 bits per heavy atom.